The highest BCUT2D eigenvalue weighted by atomic mass is 35.5. The predicted octanol–water partition coefficient (Wildman–Crippen LogP) is 4.87. The van der Waals surface area contributed by atoms with Crippen molar-refractivity contribution in [2.45, 2.75) is 6.92 Å². The Kier molecular flexibility index (Phi) is 5.74. The Morgan fingerprint density at radius 2 is 2.00 bits per heavy atom. The maximum absolute atomic E-state index is 12.2. The van der Waals surface area contributed by atoms with Crippen molar-refractivity contribution in [3.63, 3.8) is 0 Å². The monoisotopic (exact) mass is 430 g/mol. The number of aryl methyl sites for hydroxylation is 1. The molecule has 0 radical (unpaired) electrons. The van der Waals surface area contributed by atoms with Gasteiger partial charge in [0.1, 0.15) is 11.3 Å². The predicted molar refractivity (Wildman–Crippen MR) is 108 cm³/mol. The van der Waals surface area contributed by atoms with Crippen LogP contribution in [0.1, 0.15) is 5.56 Å². The lowest BCUT2D eigenvalue weighted by molar-refractivity contribution is -0.118. The Hall–Kier alpha value is -1.77. The number of thiazole rings is 1. The zero-order valence-corrected chi connectivity index (χ0v) is 16.5. The molecule has 3 aromatic rings. The highest BCUT2D eigenvalue weighted by Gasteiger charge is 2.13. The molecule has 0 bridgehead atoms. The molecule has 1 heterocycles. The van der Waals surface area contributed by atoms with E-state index in [-0.39, 0.29) is 12.5 Å². The molecule has 0 aliphatic heterocycles. The van der Waals surface area contributed by atoms with Crippen LogP contribution in [0.15, 0.2) is 24.3 Å². The number of halogens is 3. The summed E-state index contributed by atoms with van der Waals surface area (Å²) in [6.45, 7) is 1.59. The van der Waals surface area contributed by atoms with Gasteiger partial charge in [-0.1, -0.05) is 46.1 Å². The number of nitrogens with one attached hydrogen (secondary N) is 2. The fourth-order valence-electron chi connectivity index (χ4n) is 2.33. The van der Waals surface area contributed by atoms with Crippen LogP contribution in [0.3, 0.4) is 0 Å². The topological polar surface area (TPSA) is 89.3 Å². The largest absolute Gasteiger partial charge is 0.482 e. The fraction of sp³-hybridized carbons (Fsp3) is 0.125. The molecule has 1 amide bonds. The Labute approximate surface area is 168 Å². The van der Waals surface area contributed by atoms with E-state index in [9.17, 15) is 4.79 Å². The lowest BCUT2D eigenvalue weighted by atomic mass is 10.2. The van der Waals surface area contributed by atoms with E-state index in [0.29, 0.717) is 37.2 Å². The normalized spacial score (nSPS) is 10.8. The number of aromatic nitrogens is 1. The Balaban J connectivity index is 1.71. The number of amides is 1. The summed E-state index contributed by atoms with van der Waals surface area (Å²) in [6.07, 6.45) is 0. The second-order valence-electron chi connectivity index (χ2n) is 5.34. The Morgan fingerprint density at radius 3 is 2.69 bits per heavy atom. The smallest absolute Gasteiger partial charge is 0.262 e. The van der Waals surface area contributed by atoms with Crippen molar-refractivity contribution in [1.82, 2.24) is 4.98 Å². The van der Waals surface area contributed by atoms with Gasteiger partial charge in [-0.2, -0.15) is 0 Å². The van der Waals surface area contributed by atoms with Gasteiger partial charge in [-0.3, -0.25) is 10.2 Å². The van der Waals surface area contributed by atoms with E-state index >= 15 is 0 Å². The molecule has 0 saturated carbocycles. The fourth-order valence-corrected chi connectivity index (χ4v) is 4.14. The van der Waals surface area contributed by atoms with Crippen molar-refractivity contribution < 1.29 is 9.53 Å². The SMILES string of the molecule is Cc1cc(Cl)cc(Cl)c1OCC(=O)Nc1cc(Cl)c2nc(NN)sc2c1. The molecule has 0 aliphatic rings. The summed E-state index contributed by atoms with van der Waals surface area (Å²) >= 11 is 19.6. The van der Waals surface area contributed by atoms with Crippen LogP contribution in [0.25, 0.3) is 10.2 Å². The van der Waals surface area contributed by atoms with Gasteiger partial charge in [-0.05, 0) is 36.8 Å². The van der Waals surface area contributed by atoms with Gasteiger partial charge in [0, 0.05) is 10.7 Å². The van der Waals surface area contributed by atoms with Gasteiger partial charge in [-0.15, -0.1) is 0 Å². The summed E-state index contributed by atoms with van der Waals surface area (Å²) in [7, 11) is 0. The van der Waals surface area contributed by atoms with E-state index in [1.54, 1.807) is 31.2 Å². The summed E-state index contributed by atoms with van der Waals surface area (Å²) < 4.78 is 6.31. The summed E-state index contributed by atoms with van der Waals surface area (Å²) in [6, 6.07) is 6.64. The zero-order valence-electron chi connectivity index (χ0n) is 13.4. The number of rotatable bonds is 5. The van der Waals surface area contributed by atoms with E-state index < -0.39 is 0 Å². The maximum Gasteiger partial charge on any atom is 0.262 e. The van der Waals surface area contributed by atoms with Gasteiger partial charge in [-0.25, -0.2) is 10.8 Å². The minimum atomic E-state index is -0.354. The number of fused-ring (bicyclic) bond motifs is 1. The lowest BCUT2D eigenvalue weighted by Crippen LogP contribution is -2.20. The van der Waals surface area contributed by atoms with Gasteiger partial charge in [0.05, 0.1) is 14.7 Å². The third-order valence-electron chi connectivity index (χ3n) is 3.40. The van der Waals surface area contributed by atoms with Crippen LogP contribution in [-0.4, -0.2) is 17.5 Å². The number of nitrogens with zero attached hydrogens (tertiary/aromatic N) is 1. The van der Waals surface area contributed by atoms with E-state index in [1.807, 2.05) is 0 Å². The van der Waals surface area contributed by atoms with Crippen LogP contribution in [0.4, 0.5) is 10.8 Å². The molecular weight excluding hydrogens is 419 g/mol. The van der Waals surface area contributed by atoms with Crippen molar-refractivity contribution in [2.24, 2.45) is 5.84 Å². The first-order chi connectivity index (χ1) is 12.4. The second-order valence-corrected chi connectivity index (χ2v) is 7.62. The van der Waals surface area contributed by atoms with Gasteiger partial charge in [0.2, 0.25) is 0 Å². The van der Waals surface area contributed by atoms with Crippen LogP contribution in [-0.2, 0) is 4.79 Å². The molecule has 10 heteroatoms. The Bertz CT molecular complexity index is 970. The van der Waals surface area contributed by atoms with E-state index in [4.69, 9.17) is 45.4 Å². The maximum atomic E-state index is 12.2. The zero-order chi connectivity index (χ0) is 18.8. The quantitative estimate of drug-likeness (QED) is 0.396. The number of ether oxygens (including phenoxy) is 1. The molecular formula is C16H13Cl3N4O2S. The number of hydrogen-bond acceptors (Lipinski definition) is 6. The summed E-state index contributed by atoms with van der Waals surface area (Å²) in [4.78, 5) is 16.4. The lowest BCUT2D eigenvalue weighted by Gasteiger charge is -2.12. The molecule has 26 heavy (non-hydrogen) atoms. The van der Waals surface area contributed by atoms with Crippen molar-refractivity contribution >= 4 is 73.1 Å². The van der Waals surface area contributed by atoms with Crippen LogP contribution < -0.4 is 21.3 Å². The number of benzene rings is 2. The van der Waals surface area contributed by atoms with Gasteiger partial charge < -0.3 is 10.1 Å². The molecule has 2 aromatic carbocycles. The van der Waals surface area contributed by atoms with Crippen molar-refractivity contribution in [1.29, 1.82) is 0 Å². The first-order valence-electron chi connectivity index (χ1n) is 7.32. The number of nitrogen functional groups attached to an aromatic ring is 1. The number of carbonyl (C=O) groups is 1. The van der Waals surface area contributed by atoms with Crippen LogP contribution in [0, 0.1) is 6.92 Å². The molecule has 0 aliphatic carbocycles. The number of anilines is 2. The van der Waals surface area contributed by atoms with Crippen LogP contribution in [0.2, 0.25) is 15.1 Å². The van der Waals surface area contributed by atoms with E-state index in [0.717, 1.165) is 10.3 Å². The van der Waals surface area contributed by atoms with Gasteiger partial charge in [0.15, 0.2) is 11.7 Å². The number of hydrazine groups is 1. The molecule has 0 spiro atoms. The summed E-state index contributed by atoms with van der Waals surface area (Å²) in [5.41, 5.74) is 4.36. The second kappa shape index (κ2) is 7.85. The number of hydrogen-bond donors (Lipinski definition) is 3. The van der Waals surface area contributed by atoms with Crippen molar-refractivity contribution in [2.75, 3.05) is 17.3 Å². The molecule has 136 valence electrons. The van der Waals surface area contributed by atoms with Crippen LogP contribution in [0.5, 0.6) is 5.75 Å². The molecule has 0 saturated heterocycles. The average molecular weight is 432 g/mol. The van der Waals surface area contributed by atoms with Crippen molar-refractivity contribution in [3.8, 4) is 5.75 Å². The number of carbonyl (C=O) groups excluding carboxylic acids is 1. The molecule has 6 nitrogen and oxygen atoms in total. The Morgan fingerprint density at radius 1 is 1.23 bits per heavy atom. The van der Waals surface area contributed by atoms with Gasteiger partial charge in [0.25, 0.3) is 5.91 Å². The highest BCUT2D eigenvalue weighted by Crippen LogP contribution is 2.34. The van der Waals surface area contributed by atoms with Gasteiger partial charge >= 0.3 is 0 Å². The standard InChI is InChI=1S/C16H13Cl3N4O2S/c1-7-2-8(17)3-11(19)15(7)25-6-13(24)21-9-4-10(18)14-12(5-9)26-16(22-14)23-20/h2-5H,6,20H2,1H3,(H,21,24)(H,22,23). The van der Waals surface area contributed by atoms with Crippen LogP contribution >= 0.6 is 46.1 Å². The van der Waals surface area contributed by atoms with Crippen molar-refractivity contribution in [3.05, 3.63) is 44.9 Å². The summed E-state index contributed by atoms with van der Waals surface area (Å²) in [5, 5.41) is 4.52. The minimum absolute atomic E-state index is 0.212. The summed E-state index contributed by atoms with van der Waals surface area (Å²) in [5.74, 6) is 5.42. The number of nitrogens with two attached hydrogens (primary N) is 1. The first-order valence-corrected chi connectivity index (χ1v) is 9.27. The minimum Gasteiger partial charge on any atom is -0.482 e. The van der Waals surface area contributed by atoms with E-state index in [2.05, 4.69) is 15.7 Å². The molecule has 0 atom stereocenters. The third-order valence-corrected chi connectivity index (χ3v) is 5.12. The third kappa shape index (κ3) is 4.13. The molecule has 0 unspecified atom stereocenters. The molecule has 1 aromatic heterocycles. The van der Waals surface area contributed by atoms with E-state index in [1.165, 1.54) is 11.3 Å². The molecule has 3 rings (SSSR count). The first kappa shape index (κ1) is 19.0. The molecule has 4 N–H and O–H groups in total. The highest BCUT2D eigenvalue weighted by molar-refractivity contribution is 7.22. The average Bonchev–Trinajstić information content (AvgIpc) is 2.97. The molecule has 0 fully saturated rings.